The molecule has 0 aromatic heterocycles. The van der Waals surface area contributed by atoms with Crippen LogP contribution in [0.2, 0.25) is 0 Å². The Hall–Kier alpha value is -2.69. The summed E-state index contributed by atoms with van der Waals surface area (Å²) in [7, 11) is 0. The third-order valence-electron chi connectivity index (χ3n) is 4.77. The Labute approximate surface area is 152 Å². The SMILES string of the molecule is Cc1ccc(CNC(=O)COc2ccc(C)c3c2C(=O)C[C@@H]3C)cc1F. The van der Waals surface area contributed by atoms with E-state index in [9.17, 15) is 14.0 Å². The summed E-state index contributed by atoms with van der Waals surface area (Å²) >= 11 is 0. The van der Waals surface area contributed by atoms with Crippen LogP contribution in [0.3, 0.4) is 0 Å². The highest BCUT2D eigenvalue weighted by atomic mass is 19.1. The molecule has 0 unspecified atom stereocenters. The fraction of sp³-hybridized carbons (Fsp3) is 0.333. The molecule has 136 valence electrons. The molecule has 0 fully saturated rings. The number of amides is 1. The molecule has 1 amide bonds. The van der Waals surface area contributed by atoms with Crippen molar-refractivity contribution < 1.29 is 18.7 Å². The van der Waals surface area contributed by atoms with Crippen LogP contribution in [-0.2, 0) is 11.3 Å². The van der Waals surface area contributed by atoms with Crippen molar-refractivity contribution in [2.24, 2.45) is 0 Å². The Kier molecular flexibility index (Phi) is 5.07. The maximum Gasteiger partial charge on any atom is 0.258 e. The lowest BCUT2D eigenvalue weighted by atomic mass is 9.97. The van der Waals surface area contributed by atoms with Gasteiger partial charge in [0.25, 0.3) is 5.91 Å². The molecular weight excluding hydrogens is 333 g/mol. The van der Waals surface area contributed by atoms with Crippen molar-refractivity contribution in [2.75, 3.05) is 6.61 Å². The number of rotatable bonds is 5. The Morgan fingerprint density at radius 1 is 1.23 bits per heavy atom. The second-order valence-electron chi connectivity index (χ2n) is 6.85. The summed E-state index contributed by atoms with van der Waals surface area (Å²) in [6, 6.07) is 8.51. The number of Topliss-reactive ketones (excluding diaryl/α,β-unsaturated/α-hetero) is 1. The summed E-state index contributed by atoms with van der Waals surface area (Å²) in [6.07, 6.45) is 0.474. The van der Waals surface area contributed by atoms with E-state index in [1.165, 1.54) is 6.07 Å². The Bertz CT molecular complexity index is 876. The molecule has 0 radical (unpaired) electrons. The average Bonchev–Trinajstić information content (AvgIpc) is 2.91. The molecule has 2 aromatic rings. The highest BCUT2D eigenvalue weighted by Gasteiger charge is 2.31. The number of halogens is 1. The number of carbonyl (C=O) groups is 2. The summed E-state index contributed by atoms with van der Waals surface area (Å²) in [6.45, 7) is 5.72. The molecule has 1 aliphatic rings. The predicted molar refractivity (Wildman–Crippen MR) is 97.0 cm³/mol. The van der Waals surface area contributed by atoms with Gasteiger partial charge in [-0.2, -0.15) is 0 Å². The Morgan fingerprint density at radius 3 is 2.69 bits per heavy atom. The zero-order valence-corrected chi connectivity index (χ0v) is 15.2. The minimum absolute atomic E-state index is 0.0572. The second-order valence-corrected chi connectivity index (χ2v) is 6.85. The van der Waals surface area contributed by atoms with Crippen molar-refractivity contribution >= 4 is 11.7 Å². The van der Waals surface area contributed by atoms with Crippen LogP contribution in [0.1, 0.15) is 51.9 Å². The fourth-order valence-electron chi connectivity index (χ4n) is 3.37. The second kappa shape index (κ2) is 7.28. The standard InChI is InChI=1S/C21H22FNO3/c1-12-4-6-15(9-16(12)22)10-23-19(25)11-26-18-7-5-13(2)20-14(3)8-17(24)21(18)20/h4-7,9,14H,8,10-11H2,1-3H3,(H,23,25)/t14-/m0/s1. The molecule has 0 saturated heterocycles. The molecule has 1 aliphatic carbocycles. The highest BCUT2D eigenvalue weighted by Crippen LogP contribution is 2.40. The quantitative estimate of drug-likeness (QED) is 0.887. The summed E-state index contributed by atoms with van der Waals surface area (Å²) in [4.78, 5) is 24.3. The fourth-order valence-corrected chi connectivity index (χ4v) is 3.37. The van der Waals surface area contributed by atoms with Gasteiger partial charge >= 0.3 is 0 Å². The maximum absolute atomic E-state index is 13.5. The molecule has 0 bridgehead atoms. The largest absolute Gasteiger partial charge is 0.483 e. The van der Waals surface area contributed by atoms with Crippen molar-refractivity contribution in [2.45, 2.75) is 39.7 Å². The van der Waals surface area contributed by atoms with Crippen LogP contribution in [0.4, 0.5) is 4.39 Å². The van der Waals surface area contributed by atoms with Crippen molar-refractivity contribution in [1.29, 1.82) is 0 Å². The van der Waals surface area contributed by atoms with Crippen LogP contribution in [0, 0.1) is 19.7 Å². The molecular formula is C21H22FNO3. The van der Waals surface area contributed by atoms with Gasteiger partial charge in [-0.15, -0.1) is 0 Å². The zero-order valence-electron chi connectivity index (χ0n) is 15.2. The van der Waals surface area contributed by atoms with Crippen molar-refractivity contribution in [1.82, 2.24) is 5.32 Å². The smallest absolute Gasteiger partial charge is 0.258 e. The van der Waals surface area contributed by atoms with Crippen LogP contribution < -0.4 is 10.1 Å². The van der Waals surface area contributed by atoms with Crippen LogP contribution in [0.25, 0.3) is 0 Å². The van der Waals surface area contributed by atoms with Crippen LogP contribution in [0.5, 0.6) is 5.75 Å². The number of hydrogen-bond acceptors (Lipinski definition) is 3. The summed E-state index contributed by atoms with van der Waals surface area (Å²) in [5, 5.41) is 2.70. The van der Waals surface area contributed by atoms with Crippen molar-refractivity contribution in [3.8, 4) is 5.75 Å². The highest BCUT2D eigenvalue weighted by molar-refractivity contribution is 6.04. The van der Waals surface area contributed by atoms with E-state index in [1.807, 2.05) is 19.9 Å². The first-order valence-corrected chi connectivity index (χ1v) is 8.68. The zero-order chi connectivity index (χ0) is 18.8. The third kappa shape index (κ3) is 3.62. The van der Waals surface area contributed by atoms with Gasteiger partial charge in [-0.05, 0) is 54.2 Å². The van der Waals surface area contributed by atoms with E-state index in [-0.39, 0.29) is 36.6 Å². The average molecular weight is 355 g/mol. The van der Waals surface area contributed by atoms with E-state index in [0.29, 0.717) is 28.9 Å². The number of nitrogens with one attached hydrogen (secondary N) is 1. The number of hydrogen-bond donors (Lipinski definition) is 1. The maximum atomic E-state index is 13.5. The first-order valence-electron chi connectivity index (χ1n) is 8.68. The topological polar surface area (TPSA) is 55.4 Å². The molecule has 3 rings (SSSR count). The third-order valence-corrected chi connectivity index (χ3v) is 4.77. The summed E-state index contributed by atoms with van der Waals surface area (Å²) in [5.41, 5.74) is 3.93. The van der Waals surface area contributed by atoms with Crippen molar-refractivity contribution in [3.05, 3.63) is 64.0 Å². The van der Waals surface area contributed by atoms with E-state index in [4.69, 9.17) is 4.74 Å². The van der Waals surface area contributed by atoms with Crippen LogP contribution >= 0.6 is 0 Å². The lowest BCUT2D eigenvalue weighted by Gasteiger charge is -2.13. The number of aryl methyl sites for hydroxylation is 2. The summed E-state index contributed by atoms with van der Waals surface area (Å²) in [5.74, 6) is 0.0687. The van der Waals surface area contributed by atoms with Gasteiger partial charge in [-0.1, -0.05) is 25.1 Å². The van der Waals surface area contributed by atoms with Gasteiger partial charge in [-0.3, -0.25) is 9.59 Å². The van der Waals surface area contributed by atoms with Gasteiger partial charge in [0.2, 0.25) is 0 Å². The number of fused-ring (bicyclic) bond motifs is 1. The molecule has 5 heteroatoms. The number of ketones is 1. The van der Waals surface area contributed by atoms with E-state index < -0.39 is 0 Å². The molecule has 1 atom stereocenters. The Balaban J connectivity index is 1.62. The first-order chi connectivity index (χ1) is 12.4. The van der Waals surface area contributed by atoms with Gasteiger partial charge < -0.3 is 10.1 Å². The molecule has 26 heavy (non-hydrogen) atoms. The molecule has 0 spiro atoms. The molecule has 4 nitrogen and oxygen atoms in total. The van der Waals surface area contributed by atoms with E-state index >= 15 is 0 Å². The minimum Gasteiger partial charge on any atom is -0.483 e. The van der Waals surface area contributed by atoms with E-state index in [2.05, 4.69) is 5.32 Å². The number of benzene rings is 2. The van der Waals surface area contributed by atoms with E-state index in [1.54, 1.807) is 25.1 Å². The van der Waals surface area contributed by atoms with Gasteiger partial charge in [-0.25, -0.2) is 4.39 Å². The molecule has 0 aliphatic heterocycles. The minimum atomic E-state index is -0.321. The molecule has 0 saturated carbocycles. The van der Waals surface area contributed by atoms with E-state index in [0.717, 1.165) is 11.1 Å². The lowest BCUT2D eigenvalue weighted by molar-refractivity contribution is -0.123. The summed E-state index contributed by atoms with van der Waals surface area (Å²) < 4.78 is 19.1. The number of carbonyl (C=O) groups excluding carboxylic acids is 2. The van der Waals surface area contributed by atoms with Crippen LogP contribution in [0.15, 0.2) is 30.3 Å². The van der Waals surface area contributed by atoms with Gasteiger partial charge in [0.15, 0.2) is 12.4 Å². The van der Waals surface area contributed by atoms with Crippen molar-refractivity contribution in [3.63, 3.8) is 0 Å². The molecule has 1 N–H and O–H groups in total. The van der Waals surface area contributed by atoms with Gasteiger partial charge in [0.05, 0.1) is 5.56 Å². The molecule has 0 heterocycles. The number of ether oxygens (including phenoxy) is 1. The Morgan fingerprint density at radius 2 is 1.96 bits per heavy atom. The van der Waals surface area contributed by atoms with Crippen LogP contribution in [-0.4, -0.2) is 18.3 Å². The lowest BCUT2D eigenvalue weighted by Crippen LogP contribution is -2.28. The molecule has 2 aromatic carbocycles. The van der Waals surface area contributed by atoms with Gasteiger partial charge in [0, 0.05) is 13.0 Å². The van der Waals surface area contributed by atoms with Gasteiger partial charge in [0.1, 0.15) is 11.6 Å². The monoisotopic (exact) mass is 355 g/mol. The predicted octanol–water partition coefficient (Wildman–Crippen LogP) is 3.83. The normalized spacial score (nSPS) is 15.7. The first kappa shape index (κ1) is 18.1.